The summed E-state index contributed by atoms with van der Waals surface area (Å²) in [5.74, 6) is 0.368. The van der Waals surface area contributed by atoms with E-state index in [0.717, 1.165) is 35.2 Å². The second kappa shape index (κ2) is 4.94. The summed E-state index contributed by atoms with van der Waals surface area (Å²) in [5, 5.41) is 11.8. The number of anilines is 1. The molecule has 0 radical (unpaired) electrons. The molecular formula is C9H13N3OS2. The molecule has 1 aliphatic carbocycles. The zero-order valence-corrected chi connectivity index (χ0v) is 10.2. The Hall–Kier alpha value is -0.620. The second-order valence-corrected chi connectivity index (χ2v) is 5.87. The lowest BCUT2D eigenvalue weighted by Gasteiger charge is -2.17. The third-order valence-electron chi connectivity index (χ3n) is 2.36. The minimum atomic E-state index is 0.108. The molecule has 15 heavy (non-hydrogen) atoms. The zero-order chi connectivity index (χ0) is 10.7. The quantitative estimate of drug-likeness (QED) is 0.882. The van der Waals surface area contributed by atoms with E-state index in [1.165, 1.54) is 11.3 Å². The van der Waals surface area contributed by atoms with Crippen molar-refractivity contribution in [1.82, 2.24) is 10.2 Å². The average molecular weight is 243 g/mol. The van der Waals surface area contributed by atoms with E-state index in [1.54, 1.807) is 11.8 Å². The summed E-state index contributed by atoms with van der Waals surface area (Å²) in [6.45, 7) is 0. The third-order valence-corrected chi connectivity index (χ3v) is 4.70. The number of ketones is 1. The van der Waals surface area contributed by atoms with E-state index >= 15 is 0 Å². The monoisotopic (exact) mass is 243 g/mol. The van der Waals surface area contributed by atoms with Crippen molar-refractivity contribution in [3.63, 3.8) is 0 Å². The van der Waals surface area contributed by atoms with Gasteiger partial charge in [-0.3, -0.25) is 4.79 Å². The molecule has 0 spiro atoms. The van der Waals surface area contributed by atoms with Gasteiger partial charge in [0.25, 0.3) is 0 Å². The topological polar surface area (TPSA) is 54.9 Å². The van der Waals surface area contributed by atoms with E-state index in [-0.39, 0.29) is 5.25 Å². The standard InChI is InChI=1S/C9H13N3OS2/c1-10-8-11-12-9(15-8)14-7-5-3-2-4-6(7)13/h7H,2-5H2,1H3,(H,10,11)/t7-/m1/s1. The molecule has 0 aliphatic heterocycles. The van der Waals surface area contributed by atoms with Crippen LogP contribution in [0.4, 0.5) is 5.13 Å². The Morgan fingerprint density at radius 2 is 2.33 bits per heavy atom. The molecule has 0 amide bonds. The van der Waals surface area contributed by atoms with Gasteiger partial charge in [-0.2, -0.15) is 0 Å². The van der Waals surface area contributed by atoms with Crippen LogP contribution in [-0.4, -0.2) is 28.3 Å². The van der Waals surface area contributed by atoms with Gasteiger partial charge in [-0.25, -0.2) is 0 Å². The molecule has 2 rings (SSSR count). The van der Waals surface area contributed by atoms with Crippen LogP contribution >= 0.6 is 23.1 Å². The molecule has 82 valence electrons. The van der Waals surface area contributed by atoms with Gasteiger partial charge >= 0.3 is 0 Å². The molecule has 1 fully saturated rings. The number of aromatic nitrogens is 2. The molecule has 1 N–H and O–H groups in total. The van der Waals surface area contributed by atoms with Crippen LogP contribution in [0, 0.1) is 0 Å². The Morgan fingerprint density at radius 1 is 1.47 bits per heavy atom. The van der Waals surface area contributed by atoms with Crippen molar-refractivity contribution in [2.24, 2.45) is 0 Å². The van der Waals surface area contributed by atoms with Crippen molar-refractivity contribution in [3.8, 4) is 0 Å². The molecule has 1 aliphatic rings. The highest BCUT2D eigenvalue weighted by Crippen LogP contribution is 2.34. The van der Waals surface area contributed by atoms with Gasteiger partial charge < -0.3 is 5.32 Å². The summed E-state index contributed by atoms with van der Waals surface area (Å²) in [6, 6.07) is 0. The van der Waals surface area contributed by atoms with Gasteiger partial charge in [0.1, 0.15) is 5.78 Å². The normalized spacial score (nSPS) is 21.7. The van der Waals surface area contributed by atoms with Crippen molar-refractivity contribution >= 4 is 34.0 Å². The molecule has 0 aromatic carbocycles. The van der Waals surface area contributed by atoms with Crippen LogP contribution in [-0.2, 0) is 4.79 Å². The number of nitrogens with one attached hydrogen (secondary N) is 1. The minimum absolute atomic E-state index is 0.108. The fourth-order valence-electron chi connectivity index (χ4n) is 1.56. The summed E-state index contributed by atoms with van der Waals surface area (Å²) < 4.78 is 0.889. The van der Waals surface area contributed by atoms with E-state index in [4.69, 9.17) is 0 Å². The fraction of sp³-hybridized carbons (Fsp3) is 0.667. The van der Waals surface area contributed by atoms with Crippen LogP contribution in [0.3, 0.4) is 0 Å². The van der Waals surface area contributed by atoms with Gasteiger partial charge in [-0.1, -0.05) is 29.5 Å². The Labute approximate surface area is 96.9 Å². The molecule has 0 bridgehead atoms. The molecular weight excluding hydrogens is 230 g/mol. The lowest BCUT2D eigenvalue weighted by atomic mass is 9.99. The lowest BCUT2D eigenvalue weighted by molar-refractivity contribution is -0.119. The summed E-state index contributed by atoms with van der Waals surface area (Å²) in [4.78, 5) is 11.6. The summed E-state index contributed by atoms with van der Waals surface area (Å²) in [6.07, 6.45) is 3.92. The van der Waals surface area contributed by atoms with Crippen molar-refractivity contribution in [1.29, 1.82) is 0 Å². The Morgan fingerprint density at radius 3 is 3.00 bits per heavy atom. The van der Waals surface area contributed by atoms with E-state index in [0.29, 0.717) is 5.78 Å². The number of thioether (sulfide) groups is 1. The molecule has 1 aromatic rings. The van der Waals surface area contributed by atoms with Crippen LogP contribution in [0.25, 0.3) is 0 Å². The predicted octanol–water partition coefficient (Wildman–Crippen LogP) is 2.18. The molecule has 0 unspecified atom stereocenters. The van der Waals surface area contributed by atoms with E-state index in [9.17, 15) is 4.79 Å². The molecule has 4 nitrogen and oxygen atoms in total. The van der Waals surface area contributed by atoms with Gasteiger partial charge in [0.05, 0.1) is 5.25 Å². The van der Waals surface area contributed by atoms with Crippen LogP contribution in [0.5, 0.6) is 0 Å². The lowest BCUT2D eigenvalue weighted by Crippen LogP contribution is -2.21. The maximum absolute atomic E-state index is 11.6. The maximum atomic E-state index is 11.6. The Kier molecular flexibility index (Phi) is 3.58. The van der Waals surface area contributed by atoms with Gasteiger partial charge in [0.2, 0.25) is 5.13 Å². The number of hydrogen-bond donors (Lipinski definition) is 1. The first-order valence-electron chi connectivity index (χ1n) is 5.00. The van der Waals surface area contributed by atoms with Crippen molar-refractivity contribution < 1.29 is 4.79 Å². The van der Waals surface area contributed by atoms with Crippen LogP contribution in [0.2, 0.25) is 0 Å². The smallest absolute Gasteiger partial charge is 0.206 e. The summed E-state index contributed by atoms with van der Waals surface area (Å²) in [7, 11) is 1.82. The number of nitrogens with zero attached hydrogens (tertiary/aromatic N) is 2. The van der Waals surface area contributed by atoms with Gasteiger partial charge in [0.15, 0.2) is 4.34 Å². The Balaban J connectivity index is 1.98. The summed E-state index contributed by atoms with van der Waals surface area (Å²) in [5.41, 5.74) is 0. The van der Waals surface area contributed by atoms with Crippen molar-refractivity contribution in [2.75, 3.05) is 12.4 Å². The molecule has 1 heterocycles. The predicted molar refractivity (Wildman–Crippen MR) is 62.6 cm³/mol. The SMILES string of the molecule is CNc1nnc(S[C@@H]2CCCCC2=O)s1. The Bertz CT molecular complexity index is 353. The molecule has 0 saturated heterocycles. The van der Waals surface area contributed by atoms with E-state index < -0.39 is 0 Å². The van der Waals surface area contributed by atoms with Crippen LogP contribution in [0.15, 0.2) is 4.34 Å². The first-order chi connectivity index (χ1) is 7.29. The largest absolute Gasteiger partial charge is 0.363 e. The maximum Gasteiger partial charge on any atom is 0.206 e. The highest BCUT2D eigenvalue weighted by Gasteiger charge is 2.24. The molecule has 1 aromatic heterocycles. The number of carbonyl (C=O) groups is 1. The zero-order valence-electron chi connectivity index (χ0n) is 8.52. The number of hydrogen-bond acceptors (Lipinski definition) is 6. The van der Waals surface area contributed by atoms with Crippen molar-refractivity contribution in [3.05, 3.63) is 0 Å². The fourth-order valence-corrected chi connectivity index (χ4v) is 3.63. The number of carbonyl (C=O) groups excluding carboxylic acids is 1. The minimum Gasteiger partial charge on any atom is -0.363 e. The van der Waals surface area contributed by atoms with Crippen molar-refractivity contribution in [2.45, 2.75) is 35.3 Å². The highest BCUT2D eigenvalue weighted by atomic mass is 32.2. The van der Waals surface area contributed by atoms with Crippen LogP contribution in [0.1, 0.15) is 25.7 Å². The second-order valence-electron chi connectivity index (χ2n) is 3.44. The van der Waals surface area contributed by atoms with Gasteiger partial charge in [-0.15, -0.1) is 10.2 Å². The van der Waals surface area contributed by atoms with E-state index in [1.807, 2.05) is 7.05 Å². The number of rotatable bonds is 3. The highest BCUT2D eigenvalue weighted by molar-refractivity contribution is 8.02. The third kappa shape index (κ3) is 2.69. The van der Waals surface area contributed by atoms with Gasteiger partial charge in [0, 0.05) is 13.5 Å². The van der Waals surface area contributed by atoms with Crippen LogP contribution < -0.4 is 5.32 Å². The average Bonchev–Trinajstić information content (AvgIpc) is 2.69. The summed E-state index contributed by atoms with van der Waals surface area (Å²) >= 11 is 3.07. The first kappa shape index (κ1) is 10.9. The number of Topliss-reactive ketones (excluding diaryl/α,β-unsaturated/α-hetero) is 1. The first-order valence-corrected chi connectivity index (χ1v) is 6.70. The molecule has 6 heteroatoms. The van der Waals surface area contributed by atoms with E-state index in [2.05, 4.69) is 15.5 Å². The molecule has 1 atom stereocenters. The molecule has 1 saturated carbocycles. The van der Waals surface area contributed by atoms with Gasteiger partial charge in [-0.05, 0) is 12.8 Å².